The fourth-order valence-corrected chi connectivity index (χ4v) is 4.53. The summed E-state index contributed by atoms with van der Waals surface area (Å²) in [6.07, 6.45) is 0.442. The lowest BCUT2D eigenvalue weighted by molar-refractivity contribution is -0.277. The second-order valence-corrected chi connectivity index (χ2v) is 10.2. The minimum Gasteiger partial charge on any atom is -0.463 e. The Balaban J connectivity index is 1.78. The van der Waals surface area contributed by atoms with Gasteiger partial charge in [0, 0.05) is 40.8 Å². The Bertz CT molecular complexity index is 1040. The molecule has 0 bridgehead atoms. The smallest absolute Gasteiger partial charge is 0.407 e. The van der Waals surface area contributed by atoms with Crippen molar-refractivity contribution in [1.82, 2.24) is 10.6 Å². The Morgan fingerprint density at radius 1 is 0.767 bits per heavy atom. The first-order chi connectivity index (χ1) is 20.6. The molecule has 2 amide bonds. The summed E-state index contributed by atoms with van der Waals surface area (Å²) >= 11 is 0. The van der Waals surface area contributed by atoms with Crippen LogP contribution in [0, 0.1) is 0 Å². The first-order valence-electron chi connectivity index (χ1n) is 14.5. The summed E-state index contributed by atoms with van der Waals surface area (Å²) in [7, 11) is 0. The number of rotatable bonds is 17. The molecule has 0 spiro atoms. The summed E-state index contributed by atoms with van der Waals surface area (Å²) in [5, 5.41) is 5.43. The third kappa shape index (κ3) is 14.3. The van der Waals surface area contributed by atoms with Gasteiger partial charge in [0.05, 0.1) is 0 Å². The molecular weight excluding hydrogens is 564 g/mol. The highest BCUT2D eigenvalue weighted by Gasteiger charge is 2.51. The predicted molar refractivity (Wildman–Crippen MR) is 152 cm³/mol. The van der Waals surface area contributed by atoms with E-state index in [0.29, 0.717) is 13.0 Å². The van der Waals surface area contributed by atoms with E-state index in [1.807, 2.05) is 30.3 Å². The molecule has 0 aliphatic carbocycles. The van der Waals surface area contributed by atoms with Crippen molar-refractivity contribution in [3.05, 3.63) is 35.9 Å². The first-order valence-corrected chi connectivity index (χ1v) is 14.5. The predicted octanol–water partition coefficient (Wildman–Crippen LogP) is 2.93. The highest BCUT2D eigenvalue weighted by molar-refractivity contribution is 5.73. The van der Waals surface area contributed by atoms with Crippen LogP contribution in [0.3, 0.4) is 0 Å². The second kappa shape index (κ2) is 19.5. The van der Waals surface area contributed by atoms with Crippen LogP contribution in [-0.4, -0.2) is 80.3 Å². The average molecular weight is 609 g/mol. The van der Waals surface area contributed by atoms with Crippen LogP contribution < -0.4 is 10.6 Å². The number of nitrogens with one attached hydrogen (secondary N) is 2. The number of carbonyl (C=O) groups excluding carboxylic acids is 5. The van der Waals surface area contributed by atoms with Crippen LogP contribution in [0.1, 0.15) is 71.8 Å². The van der Waals surface area contributed by atoms with Crippen LogP contribution in [0.15, 0.2) is 30.3 Å². The molecule has 1 fully saturated rings. The lowest BCUT2D eigenvalue weighted by Crippen LogP contribution is -2.66. The molecule has 5 atom stereocenters. The van der Waals surface area contributed by atoms with E-state index in [1.54, 1.807) is 0 Å². The fraction of sp³-hybridized carbons (Fsp3) is 0.633. The molecule has 13 nitrogen and oxygen atoms in total. The normalized spacial score (nSPS) is 21.3. The van der Waals surface area contributed by atoms with Gasteiger partial charge in [-0.3, -0.25) is 19.2 Å². The molecule has 1 heterocycles. The van der Waals surface area contributed by atoms with E-state index in [0.717, 1.165) is 37.7 Å². The summed E-state index contributed by atoms with van der Waals surface area (Å²) in [4.78, 5) is 59.0. The van der Waals surface area contributed by atoms with Crippen molar-refractivity contribution in [2.75, 3.05) is 19.8 Å². The highest BCUT2D eigenvalue weighted by Crippen LogP contribution is 2.28. The Hall–Kier alpha value is -3.71. The Kier molecular flexibility index (Phi) is 16.1. The molecule has 1 aliphatic heterocycles. The number of benzene rings is 1. The van der Waals surface area contributed by atoms with E-state index in [9.17, 15) is 24.0 Å². The minimum atomic E-state index is -1.15. The quantitative estimate of drug-likeness (QED) is 0.152. The summed E-state index contributed by atoms with van der Waals surface area (Å²) < 4.78 is 33.1. The van der Waals surface area contributed by atoms with E-state index in [-0.39, 0.29) is 19.8 Å². The molecule has 2 N–H and O–H groups in total. The number of ether oxygens (including phenoxy) is 6. The zero-order valence-corrected chi connectivity index (χ0v) is 25.3. The average Bonchev–Trinajstić information content (AvgIpc) is 2.94. The molecule has 1 saturated heterocycles. The summed E-state index contributed by atoms with van der Waals surface area (Å²) in [6.45, 7) is 5.65. The number of carbonyl (C=O) groups is 5. The molecule has 0 unspecified atom stereocenters. The molecule has 1 aromatic carbocycles. The van der Waals surface area contributed by atoms with Gasteiger partial charge < -0.3 is 39.1 Å². The van der Waals surface area contributed by atoms with Crippen molar-refractivity contribution in [2.24, 2.45) is 0 Å². The van der Waals surface area contributed by atoms with Gasteiger partial charge >= 0.3 is 24.0 Å². The van der Waals surface area contributed by atoms with E-state index in [4.69, 9.17) is 28.4 Å². The van der Waals surface area contributed by atoms with Crippen molar-refractivity contribution >= 4 is 29.9 Å². The maximum absolute atomic E-state index is 12.0. The zero-order valence-electron chi connectivity index (χ0n) is 25.3. The minimum absolute atomic E-state index is 0.232. The zero-order chi connectivity index (χ0) is 31.6. The van der Waals surface area contributed by atoms with Crippen LogP contribution in [0.5, 0.6) is 0 Å². The van der Waals surface area contributed by atoms with Gasteiger partial charge in [-0.25, -0.2) is 4.79 Å². The number of unbranched alkanes of at least 4 members (excludes halogenated alkanes) is 5. The van der Waals surface area contributed by atoms with Gasteiger partial charge in [0.25, 0.3) is 0 Å². The summed E-state index contributed by atoms with van der Waals surface area (Å²) in [5.74, 6) is -2.34. The second-order valence-electron chi connectivity index (χ2n) is 10.2. The molecule has 13 heteroatoms. The molecule has 43 heavy (non-hydrogen) atoms. The standard InChI is InChI=1S/C30H44N2O11/c1-20(33)32-26-28(42-23(4)36)27(41-22(3)35)25(19-39-21(2)34)43-29(26)38-17-13-8-6-5-7-12-16-31-30(37)40-18-24-14-10-9-11-15-24/h9-11,14-15,25-29H,5-8,12-13,16-19H2,1-4H3,(H,31,37)(H,32,33)/t25-,26-,27+,28-,29-/m1/s1. The Morgan fingerprint density at radius 3 is 2.02 bits per heavy atom. The van der Waals surface area contributed by atoms with E-state index < -0.39 is 60.6 Å². The Morgan fingerprint density at radius 2 is 1.40 bits per heavy atom. The van der Waals surface area contributed by atoms with Crippen LogP contribution in [0.4, 0.5) is 4.79 Å². The van der Waals surface area contributed by atoms with Crippen molar-refractivity contribution in [2.45, 2.75) is 103 Å². The number of hydrogen-bond acceptors (Lipinski definition) is 11. The van der Waals surface area contributed by atoms with Crippen molar-refractivity contribution in [3.63, 3.8) is 0 Å². The highest BCUT2D eigenvalue weighted by atomic mass is 16.7. The molecule has 0 aromatic heterocycles. The molecule has 1 aromatic rings. The van der Waals surface area contributed by atoms with Gasteiger partial charge in [-0.1, -0.05) is 56.0 Å². The maximum Gasteiger partial charge on any atom is 0.407 e. The topological polar surface area (TPSA) is 165 Å². The number of esters is 3. The molecule has 0 saturated carbocycles. The van der Waals surface area contributed by atoms with Gasteiger partial charge in [-0.15, -0.1) is 0 Å². The third-order valence-electron chi connectivity index (χ3n) is 6.41. The van der Waals surface area contributed by atoms with Crippen LogP contribution in [0.2, 0.25) is 0 Å². The van der Waals surface area contributed by atoms with Crippen molar-refractivity contribution < 1.29 is 52.4 Å². The molecular formula is C30H44N2O11. The van der Waals surface area contributed by atoms with Crippen molar-refractivity contribution in [1.29, 1.82) is 0 Å². The first kappa shape index (κ1) is 35.5. The molecule has 1 aliphatic rings. The number of hydrogen-bond donors (Lipinski definition) is 2. The maximum atomic E-state index is 12.0. The van der Waals surface area contributed by atoms with Gasteiger partial charge in [-0.2, -0.15) is 0 Å². The Labute approximate surface area is 252 Å². The van der Waals surface area contributed by atoms with Crippen molar-refractivity contribution in [3.8, 4) is 0 Å². The van der Waals surface area contributed by atoms with Gasteiger partial charge in [-0.05, 0) is 18.4 Å². The lowest BCUT2D eigenvalue weighted by Gasteiger charge is -2.44. The van der Waals surface area contributed by atoms with E-state index >= 15 is 0 Å². The monoisotopic (exact) mass is 608 g/mol. The summed E-state index contributed by atoms with van der Waals surface area (Å²) in [5.41, 5.74) is 0.930. The number of amides is 2. The third-order valence-corrected chi connectivity index (χ3v) is 6.41. The van der Waals surface area contributed by atoms with Gasteiger partial charge in [0.15, 0.2) is 18.5 Å². The molecule has 240 valence electrons. The SMILES string of the molecule is CC(=O)N[C@H]1[C@H](OCCCCCCCCNC(=O)OCc2ccccc2)O[C@H](COC(C)=O)[C@H](OC(C)=O)[C@@H]1OC(C)=O. The van der Waals surface area contributed by atoms with Gasteiger partial charge in [0.1, 0.15) is 25.4 Å². The fourth-order valence-electron chi connectivity index (χ4n) is 4.53. The van der Waals surface area contributed by atoms with Crippen LogP contribution in [-0.2, 0) is 54.2 Å². The van der Waals surface area contributed by atoms with Gasteiger partial charge in [0.2, 0.25) is 5.91 Å². The largest absolute Gasteiger partial charge is 0.463 e. The van der Waals surface area contributed by atoms with Crippen LogP contribution in [0.25, 0.3) is 0 Å². The lowest BCUT2D eigenvalue weighted by atomic mass is 9.96. The van der Waals surface area contributed by atoms with E-state index in [2.05, 4.69) is 10.6 Å². The van der Waals surface area contributed by atoms with Crippen LogP contribution >= 0.6 is 0 Å². The molecule has 0 radical (unpaired) electrons. The van der Waals surface area contributed by atoms with E-state index in [1.165, 1.54) is 27.7 Å². The molecule has 2 rings (SSSR count). The summed E-state index contributed by atoms with van der Waals surface area (Å²) in [6, 6.07) is 8.49. The number of alkyl carbamates (subject to hydrolysis) is 1.